The maximum Gasteiger partial charge on any atom is 0.253 e. The average molecular weight is 457 g/mol. The van der Waals surface area contributed by atoms with Crippen molar-refractivity contribution in [3.05, 3.63) is 77.1 Å². The summed E-state index contributed by atoms with van der Waals surface area (Å²) in [5.74, 6) is -0.00858. The molecular weight excluding hydrogens is 440 g/mol. The van der Waals surface area contributed by atoms with E-state index in [1.165, 1.54) is 43.6 Å². The molecule has 0 saturated carbocycles. The molecule has 2 aromatic carbocycles. The van der Waals surface area contributed by atoms with Crippen molar-refractivity contribution in [2.45, 2.75) is 16.3 Å². The Bertz CT molecular complexity index is 1370. The van der Waals surface area contributed by atoms with Gasteiger partial charge >= 0.3 is 0 Å². The number of aromatic amines is 1. The number of sulfone groups is 1. The molecule has 0 fully saturated rings. The fourth-order valence-electron chi connectivity index (χ4n) is 2.97. The number of benzene rings is 2. The lowest BCUT2D eigenvalue weighted by Gasteiger charge is -2.09. The molecule has 8 nitrogen and oxygen atoms in total. The molecule has 0 unspecified atom stereocenters. The standard InChI is InChI=1S/C21H17ClN4O4S/c1-30-19-9-17(6-7-18(19)22)31(28,29)16-4-2-13(3-5-16)10-24-21(27)15-8-14-12-25-26-20(14)23-11-15/h2-9,11-12H,10H2,1H3,(H,24,27)(H,23,25,26). The van der Waals surface area contributed by atoms with Gasteiger partial charge in [-0.2, -0.15) is 5.10 Å². The summed E-state index contributed by atoms with van der Waals surface area (Å²) in [6.07, 6.45) is 3.06. The molecule has 31 heavy (non-hydrogen) atoms. The summed E-state index contributed by atoms with van der Waals surface area (Å²) in [4.78, 5) is 16.7. The normalized spacial score (nSPS) is 11.4. The molecule has 2 aromatic heterocycles. The highest BCUT2D eigenvalue weighted by atomic mass is 35.5. The van der Waals surface area contributed by atoms with Crippen LogP contribution in [0.1, 0.15) is 15.9 Å². The summed E-state index contributed by atoms with van der Waals surface area (Å²) in [6, 6.07) is 12.3. The third-order valence-electron chi connectivity index (χ3n) is 4.67. The number of nitrogens with zero attached hydrogens (tertiary/aromatic N) is 2. The minimum absolute atomic E-state index is 0.0805. The third-order valence-corrected chi connectivity index (χ3v) is 6.75. The van der Waals surface area contributed by atoms with Crippen molar-refractivity contribution >= 4 is 38.4 Å². The van der Waals surface area contributed by atoms with Crippen LogP contribution in [0.5, 0.6) is 5.75 Å². The van der Waals surface area contributed by atoms with Crippen molar-refractivity contribution in [2.24, 2.45) is 0 Å². The Hall–Kier alpha value is -3.43. The third kappa shape index (κ3) is 4.23. The van der Waals surface area contributed by atoms with Gasteiger partial charge in [-0.25, -0.2) is 13.4 Å². The highest BCUT2D eigenvalue weighted by molar-refractivity contribution is 7.91. The summed E-state index contributed by atoms with van der Waals surface area (Å²) in [6.45, 7) is 0.233. The number of amides is 1. The van der Waals surface area contributed by atoms with Crippen LogP contribution in [0.2, 0.25) is 5.02 Å². The minimum atomic E-state index is -3.74. The number of pyridine rings is 1. The molecule has 4 rings (SSSR count). The van der Waals surface area contributed by atoms with Crippen LogP contribution in [0.15, 0.2) is 70.7 Å². The molecule has 1 amide bonds. The number of hydrogen-bond acceptors (Lipinski definition) is 6. The molecule has 0 atom stereocenters. The number of fused-ring (bicyclic) bond motifs is 1. The highest BCUT2D eigenvalue weighted by Gasteiger charge is 2.19. The highest BCUT2D eigenvalue weighted by Crippen LogP contribution is 2.30. The number of halogens is 1. The van der Waals surface area contributed by atoms with Gasteiger partial charge in [0.15, 0.2) is 5.65 Å². The lowest BCUT2D eigenvalue weighted by atomic mass is 10.2. The molecule has 0 saturated heterocycles. The quantitative estimate of drug-likeness (QED) is 0.459. The first-order chi connectivity index (χ1) is 14.9. The van der Waals surface area contributed by atoms with Crippen LogP contribution in [-0.4, -0.2) is 36.6 Å². The number of carbonyl (C=O) groups is 1. The predicted octanol–water partition coefficient (Wildman–Crippen LogP) is 3.38. The first-order valence-corrected chi connectivity index (χ1v) is 11.0. The SMILES string of the molecule is COc1cc(S(=O)(=O)c2ccc(CNC(=O)c3cnc4[nH]ncc4c3)cc2)ccc1Cl. The largest absolute Gasteiger partial charge is 0.495 e. The van der Waals surface area contributed by atoms with Gasteiger partial charge in [-0.05, 0) is 35.9 Å². The molecule has 2 N–H and O–H groups in total. The van der Waals surface area contributed by atoms with Gasteiger partial charge in [-0.15, -0.1) is 0 Å². The van der Waals surface area contributed by atoms with E-state index >= 15 is 0 Å². The maximum atomic E-state index is 12.9. The van der Waals surface area contributed by atoms with Gasteiger partial charge in [-0.1, -0.05) is 23.7 Å². The van der Waals surface area contributed by atoms with E-state index in [1.807, 2.05) is 0 Å². The predicted molar refractivity (Wildman–Crippen MR) is 115 cm³/mol. The van der Waals surface area contributed by atoms with E-state index < -0.39 is 9.84 Å². The smallest absolute Gasteiger partial charge is 0.253 e. The number of methoxy groups -OCH3 is 1. The van der Waals surface area contributed by atoms with Gasteiger partial charge in [0.2, 0.25) is 9.84 Å². The maximum absolute atomic E-state index is 12.9. The monoisotopic (exact) mass is 456 g/mol. The van der Waals surface area contributed by atoms with E-state index in [-0.39, 0.29) is 28.0 Å². The Balaban J connectivity index is 1.47. The van der Waals surface area contributed by atoms with Crippen molar-refractivity contribution < 1.29 is 17.9 Å². The average Bonchev–Trinajstić information content (AvgIpc) is 3.26. The van der Waals surface area contributed by atoms with Crippen LogP contribution in [0.4, 0.5) is 0 Å². The van der Waals surface area contributed by atoms with E-state index in [4.69, 9.17) is 16.3 Å². The molecule has 0 bridgehead atoms. The molecular formula is C21H17ClN4O4S. The number of aromatic nitrogens is 3. The van der Waals surface area contributed by atoms with Crippen LogP contribution in [0.25, 0.3) is 11.0 Å². The second kappa shape index (κ2) is 8.37. The molecule has 10 heteroatoms. The Morgan fingerprint density at radius 1 is 1.10 bits per heavy atom. The summed E-state index contributed by atoms with van der Waals surface area (Å²) < 4.78 is 30.9. The van der Waals surface area contributed by atoms with E-state index in [2.05, 4.69) is 20.5 Å². The second-order valence-corrected chi connectivity index (χ2v) is 9.02. The Labute approximate surface area is 183 Å². The van der Waals surface area contributed by atoms with Crippen LogP contribution < -0.4 is 10.1 Å². The number of carbonyl (C=O) groups excluding carboxylic acids is 1. The van der Waals surface area contributed by atoms with Gasteiger partial charge in [0.25, 0.3) is 5.91 Å². The first-order valence-electron chi connectivity index (χ1n) is 9.13. The van der Waals surface area contributed by atoms with Gasteiger partial charge in [0, 0.05) is 24.2 Å². The number of rotatable bonds is 6. The van der Waals surface area contributed by atoms with Crippen LogP contribution >= 0.6 is 11.6 Å². The molecule has 0 radical (unpaired) electrons. The van der Waals surface area contributed by atoms with Crippen molar-refractivity contribution in [3.8, 4) is 5.75 Å². The lowest BCUT2D eigenvalue weighted by Crippen LogP contribution is -2.22. The molecule has 158 valence electrons. The molecule has 0 aliphatic carbocycles. The molecule has 4 aromatic rings. The fourth-order valence-corrected chi connectivity index (χ4v) is 4.45. The van der Waals surface area contributed by atoms with Crippen LogP contribution in [-0.2, 0) is 16.4 Å². The number of ether oxygens (including phenoxy) is 1. The number of nitrogens with one attached hydrogen (secondary N) is 2. The van der Waals surface area contributed by atoms with Gasteiger partial charge in [0.1, 0.15) is 5.75 Å². The van der Waals surface area contributed by atoms with Gasteiger partial charge < -0.3 is 10.1 Å². The fraction of sp³-hybridized carbons (Fsp3) is 0.0952. The van der Waals surface area contributed by atoms with Crippen molar-refractivity contribution in [1.82, 2.24) is 20.5 Å². The van der Waals surface area contributed by atoms with Crippen molar-refractivity contribution in [3.63, 3.8) is 0 Å². The number of H-pyrrole nitrogens is 1. The lowest BCUT2D eigenvalue weighted by molar-refractivity contribution is 0.0950. The van der Waals surface area contributed by atoms with Gasteiger partial charge in [0.05, 0.1) is 33.7 Å². The van der Waals surface area contributed by atoms with E-state index in [0.29, 0.717) is 16.2 Å². The topological polar surface area (TPSA) is 114 Å². The van der Waals surface area contributed by atoms with E-state index in [1.54, 1.807) is 24.4 Å². The zero-order valence-corrected chi connectivity index (χ0v) is 17.9. The van der Waals surface area contributed by atoms with Crippen molar-refractivity contribution in [2.75, 3.05) is 7.11 Å². The summed E-state index contributed by atoms with van der Waals surface area (Å²) >= 11 is 5.98. The Morgan fingerprint density at radius 2 is 1.84 bits per heavy atom. The van der Waals surface area contributed by atoms with Gasteiger partial charge in [-0.3, -0.25) is 9.89 Å². The van der Waals surface area contributed by atoms with Crippen molar-refractivity contribution in [1.29, 1.82) is 0 Å². The zero-order valence-electron chi connectivity index (χ0n) is 16.3. The zero-order chi connectivity index (χ0) is 22.0. The Morgan fingerprint density at radius 3 is 2.58 bits per heavy atom. The molecule has 0 aliphatic heterocycles. The number of hydrogen-bond donors (Lipinski definition) is 2. The molecule has 0 spiro atoms. The Kier molecular flexibility index (Phi) is 5.62. The second-order valence-electron chi connectivity index (χ2n) is 6.66. The van der Waals surface area contributed by atoms with Crippen LogP contribution in [0.3, 0.4) is 0 Å². The summed E-state index contributed by atoms with van der Waals surface area (Å²) in [7, 11) is -2.32. The summed E-state index contributed by atoms with van der Waals surface area (Å²) in [5, 5.41) is 10.5. The van der Waals surface area contributed by atoms with Crippen LogP contribution in [0, 0.1) is 0 Å². The summed E-state index contributed by atoms with van der Waals surface area (Å²) in [5.41, 5.74) is 1.76. The van der Waals surface area contributed by atoms with E-state index in [0.717, 1.165) is 10.9 Å². The molecule has 0 aliphatic rings. The molecule has 2 heterocycles. The minimum Gasteiger partial charge on any atom is -0.495 e. The first kappa shape index (κ1) is 20.8. The van der Waals surface area contributed by atoms with E-state index in [9.17, 15) is 13.2 Å².